The van der Waals surface area contributed by atoms with Crippen molar-refractivity contribution in [3.05, 3.63) is 23.9 Å². The van der Waals surface area contributed by atoms with Gasteiger partial charge in [-0.3, -0.25) is 0 Å². The summed E-state index contributed by atoms with van der Waals surface area (Å²) < 4.78 is 0. The Hall–Kier alpha value is -0.720. The Morgan fingerprint density at radius 1 is 1.60 bits per heavy atom. The lowest BCUT2D eigenvalue weighted by Gasteiger charge is -2.06. The summed E-state index contributed by atoms with van der Waals surface area (Å²) in [5.74, 6) is 0.634. The van der Waals surface area contributed by atoms with Gasteiger partial charge in [0.15, 0.2) is 0 Å². The second-order valence-electron chi connectivity index (χ2n) is 3.01. The maximum absolute atomic E-state index is 5.74. The molecule has 0 fully saturated rings. The monoisotopic (exact) mass is 139 g/mol. The Kier molecular flexibility index (Phi) is 3.85. The molecule has 0 saturated heterocycles. The summed E-state index contributed by atoms with van der Waals surface area (Å²) in [6.07, 6.45) is 2.77. The van der Waals surface area contributed by atoms with E-state index in [0.717, 1.165) is 17.7 Å². The third kappa shape index (κ3) is 3.33. The zero-order valence-corrected chi connectivity index (χ0v) is 7.15. The van der Waals surface area contributed by atoms with Crippen molar-refractivity contribution in [3.63, 3.8) is 0 Å². The van der Waals surface area contributed by atoms with Crippen LogP contribution in [0.25, 0.3) is 0 Å². The maximum atomic E-state index is 5.74. The van der Waals surface area contributed by atoms with E-state index in [4.69, 9.17) is 5.73 Å². The SMILES string of the molecule is C=C/C(C)=C(/N)CC(C)C. The van der Waals surface area contributed by atoms with Gasteiger partial charge in [-0.1, -0.05) is 26.5 Å². The Bertz CT molecular complexity index is 143. The molecule has 58 valence electrons. The van der Waals surface area contributed by atoms with Crippen LogP contribution in [0.15, 0.2) is 23.9 Å². The molecular weight excluding hydrogens is 122 g/mol. The van der Waals surface area contributed by atoms with Crippen molar-refractivity contribution in [2.45, 2.75) is 27.2 Å². The first-order valence-corrected chi connectivity index (χ1v) is 3.65. The summed E-state index contributed by atoms with van der Waals surface area (Å²) in [6.45, 7) is 9.95. The Labute approximate surface area is 63.6 Å². The van der Waals surface area contributed by atoms with Crippen LogP contribution in [0.4, 0.5) is 0 Å². The van der Waals surface area contributed by atoms with Crippen LogP contribution in [0.3, 0.4) is 0 Å². The fourth-order valence-corrected chi connectivity index (χ4v) is 0.732. The van der Waals surface area contributed by atoms with Crippen LogP contribution in [-0.2, 0) is 0 Å². The van der Waals surface area contributed by atoms with Crippen molar-refractivity contribution in [2.24, 2.45) is 11.7 Å². The normalized spacial score (nSPS) is 13.2. The summed E-state index contributed by atoms with van der Waals surface area (Å²) in [6, 6.07) is 0. The zero-order valence-electron chi connectivity index (χ0n) is 7.15. The van der Waals surface area contributed by atoms with Crippen molar-refractivity contribution >= 4 is 0 Å². The molecule has 0 heterocycles. The fraction of sp³-hybridized carbons (Fsp3) is 0.556. The Morgan fingerprint density at radius 3 is 2.40 bits per heavy atom. The molecule has 0 rings (SSSR count). The minimum absolute atomic E-state index is 0.634. The highest BCUT2D eigenvalue weighted by molar-refractivity contribution is 5.19. The van der Waals surface area contributed by atoms with Crippen LogP contribution in [0.5, 0.6) is 0 Å². The van der Waals surface area contributed by atoms with E-state index in [9.17, 15) is 0 Å². The molecule has 0 bridgehead atoms. The molecule has 0 aliphatic carbocycles. The summed E-state index contributed by atoms with van der Waals surface area (Å²) in [5, 5.41) is 0. The first-order chi connectivity index (χ1) is 4.57. The summed E-state index contributed by atoms with van der Waals surface area (Å²) in [5.41, 5.74) is 7.81. The molecular formula is C9H17N. The van der Waals surface area contributed by atoms with Crippen LogP contribution in [-0.4, -0.2) is 0 Å². The van der Waals surface area contributed by atoms with Crippen molar-refractivity contribution in [1.29, 1.82) is 0 Å². The fourth-order valence-electron chi connectivity index (χ4n) is 0.732. The highest BCUT2D eigenvalue weighted by atomic mass is 14.6. The molecule has 0 atom stereocenters. The molecule has 0 spiro atoms. The number of allylic oxidation sites excluding steroid dienone is 3. The van der Waals surface area contributed by atoms with Gasteiger partial charge in [0.25, 0.3) is 0 Å². The lowest BCUT2D eigenvalue weighted by molar-refractivity contribution is 0.635. The minimum Gasteiger partial charge on any atom is -0.402 e. The quantitative estimate of drug-likeness (QED) is 0.597. The molecule has 0 unspecified atom stereocenters. The summed E-state index contributed by atoms with van der Waals surface area (Å²) in [4.78, 5) is 0. The number of hydrogen-bond acceptors (Lipinski definition) is 1. The molecule has 0 aliphatic heterocycles. The van der Waals surface area contributed by atoms with E-state index in [0.29, 0.717) is 5.92 Å². The second kappa shape index (κ2) is 4.15. The van der Waals surface area contributed by atoms with Crippen molar-refractivity contribution in [2.75, 3.05) is 0 Å². The molecule has 0 aromatic rings. The summed E-state index contributed by atoms with van der Waals surface area (Å²) >= 11 is 0. The highest BCUT2D eigenvalue weighted by Crippen LogP contribution is 2.09. The van der Waals surface area contributed by atoms with Crippen molar-refractivity contribution < 1.29 is 0 Å². The van der Waals surface area contributed by atoms with Crippen LogP contribution in [0, 0.1) is 5.92 Å². The van der Waals surface area contributed by atoms with Gasteiger partial charge in [-0.25, -0.2) is 0 Å². The average molecular weight is 139 g/mol. The lowest BCUT2D eigenvalue weighted by atomic mass is 10.1. The average Bonchev–Trinajstić information content (AvgIpc) is 1.85. The van der Waals surface area contributed by atoms with Crippen LogP contribution in [0.1, 0.15) is 27.2 Å². The maximum Gasteiger partial charge on any atom is 0.0112 e. The van der Waals surface area contributed by atoms with Gasteiger partial charge < -0.3 is 5.73 Å². The third-order valence-corrected chi connectivity index (χ3v) is 1.44. The van der Waals surface area contributed by atoms with Crippen molar-refractivity contribution in [3.8, 4) is 0 Å². The molecule has 0 amide bonds. The van der Waals surface area contributed by atoms with E-state index in [-0.39, 0.29) is 0 Å². The van der Waals surface area contributed by atoms with Gasteiger partial charge in [0.2, 0.25) is 0 Å². The molecule has 0 aromatic heterocycles. The van der Waals surface area contributed by atoms with Crippen LogP contribution >= 0.6 is 0 Å². The van der Waals surface area contributed by atoms with E-state index in [1.807, 2.05) is 6.92 Å². The van der Waals surface area contributed by atoms with E-state index in [1.165, 1.54) is 0 Å². The molecule has 0 saturated carbocycles. The molecule has 1 nitrogen and oxygen atoms in total. The topological polar surface area (TPSA) is 26.0 Å². The van der Waals surface area contributed by atoms with Crippen LogP contribution < -0.4 is 5.73 Å². The third-order valence-electron chi connectivity index (χ3n) is 1.44. The van der Waals surface area contributed by atoms with Crippen LogP contribution in [0.2, 0.25) is 0 Å². The minimum atomic E-state index is 0.634. The lowest BCUT2D eigenvalue weighted by Crippen LogP contribution is -2.03. The Morgan fingerprint density at radius 2 is 2.10 bits per heavy atom. The molecule has 1 heteroatoms. The first kappa shape index (κ1) is 9.28. The predicted molar refractivity (Wildman–Crippen MR) is 46.5 cm³/mol. The Balaban J connectivity index is 4.04. The second-order valence-corrected chi connectivity index (χ2v) is 3.01. The molecule has 2 N–H and O–H groups in total. The van der Waals surface area contributed by atoms with E-state index < -0.39 is 0 Å². The molecule has 0 radical (unpaired) electrons. The van der Waals surface area contributed by atoms with Gasteiger partial charge in [0.05, 0.1) is 0 Å². The summed E-state index contributed by atoms with van der Waals surface area (Å²) in [7, 11) is 0. The van der Waals surface area contributed by atoms with Gasteiger partial charge in [-0.15, -0.1) is 0 Å². The smallest absolute Gasteiger partial charge is 0.0112 e. The zero-order chi connectivity index (χ0) is 8.15. The largest absolute Gasteiger partial charge is 0.402 e. The van der Waals surface area contributed by atoms with Gasteiger partial charge >= 0.3 is 0 Å². The van der Waals surface area contributed by atoms with Gasteiger partial charge in [-0.2, -0.15) is 0 Å². The van der Waals surface area contributed by atoms with Gasteiger partial charge in [-0.05, 0) is 24.8 Å². The highest BCUT2D eigenvalue weighted by Gasteiger charge is 1.97. The van der Waals surface area contributed by atoms with E-state index in [2.05, 4.69) is 20.4 Å². The van der Waals surface area contributed by atoms with Crippen molar-refractivity contribution in [1.82, 2.24) is 0 Å². The van der Waals surface area contributed by atoms with Gasteiger partial charge in [0.1, 0.15) is 0 Å². The first-order valence-electron chi connectivity index (χ1n) is 3.65. The number of hydrogen-bond donors (Lipinski definition) is 1. The number of nitrogens with two attached hydrogens (primary N) is 1. The van der Waals surface area contributed by atoms with E-state index in [1.54, 1.807) is 6.08 Å². The molecule has 0 aliphatic rings. The molecule has 0 aromatic carbocycles. The number of rotatable bonds is 3. The standard InChI is InChI=1S/C9H17N/c1-5-8(4)9(10)6-7(2)3/h5,7H,1,6,10H2,2-4H3/b9-8+. The van der Waals surface area contributed by atoms with E-state index >= 15 is 0 Å². The molecule has 10 heavy (non-hydrogen) atoms. The predicted octanol–water partition coefficient (Wildman–Crippen LogP) is 2.45. The van der Waals surface area contributed by atoms with Gasteiger partial charge in [0, 0.05) is 5.70 Å².